The van der Waals surface area contributed by atoms with Gasteiger partial charge in [0.1, 0.15) is 11.5 Å². The van der Waals surface area contributed by atoms with E-state index in [4.69, 9.17) is 11.6 Å². The van der Waals surface area contributed by atoms with Crippen LogP contribution in [0.5, 0.6) is 0 Å². The Bertz CT molecular complexity index is 1120. The molecule has 4 heterocycles. The van der Waals surface area contributed by atoms with Gasteiger partial charge in [-0.15, -0.1) is 0 Å². The summed E-state index contributed by atoms with van der Waals surface area (Å²) in [5.74, 6) is 1.73. The zero-order valence-corrected chi connectivity index (χ0v) is 17.2. The van der Waals surface area contributed by atoms with Crippen molar-refractivity contribution < 1.29 is 4.79 Å². The minimum Gasteiger partial charge on any atom is -0.356 e. The predicted octanol–water partition coefficient (Wildman–Crippen LogP) is 3.07. The maximum atomic E-state index is 12.7. The van der Waals surface area contributed by atoms with Crippen molar-refractivity contribution in [2.75, 3.05) is 18.0 Å². The summed E-state index contributed by atoms with van der Waals surface area (Å²) in [7, 11) is 0. The van der Waals surface area contributed by atoms with Gasteiger partial charge >= 0.3 is 0 Å². The number of hydrogen-bond donors (Lipinski definition) is 2. The van der Waals surface area contributed by atoms with Crippen molar-refractivity contribution in [3.8, 4) is 0 Å². The maximum absolute atomic E-state index is 12.7. The lowest BCUT2D eigenvalue weighted by Gasteiger charge is -2.61. The number of nitrogens with zero attached hydrogens (tertiary/aromatic N) is 5. The number of fused-ring (bicyclic) bond motifs is 1. The fourth-order valence-electron chi connectivity index (χ4n) is 5.19. The number of halogens is 1. The molecule has 1 saturated heterocycles. The number of pyridine rings is 1. The number of amides is 1. The van der Waals surface area contributed by atoms with E-state index in [1.165, 1.54) is 0 Å². The molecule has 3 aliphatic carbocycles. The summed E-state index contributed by atoms with van der Waals surface area (Å²) in [4.78, 5) is 27.8. The fourth-order valence-corrected chi connectivity index (χ4v) is 5.37. The highest BCUT2D eigenvalue weighted by Gasteiger charge is 2.57. The third-order valence-electron chi connectivity index (χ3n) is 6.91. The van der Waals surface area contributed by atoms with E-state index >= 15 is 0 Å². The van der Waals surface area contributed by atoms with Crippen LogP contribution < -0.4 is 10.2 Å². The molecular weight excluding hydrogens is 402 g/mol. The summed E-state index contributed by atoms with van der Waals surface area (Å²) in [6.07, 6.45) is 6.94. The van der Waals surface area contributed by atoms with E-state index in [2.05, 4.69) is 41.4 Å². The van der Waals surface area contributed by atoms with Crippen molar-refractivity contribution in [2.45, 2.75) is 43.6 Å². The quantitative estimate of drug-likeness (QED) is 0.625. The molecule has 1 amide bonds. The average molecular weight is 424 g/mol. The van der Waals surface area contributed by atoms with Gasteiger partial charge in [0.05, 0.1) is 5.69 Å². The van der Waals surface area contributed by atoms with Crippen LogP contribution in [0.25, 0.3) is 11.0 Å². The minimum atomic E-state index is -0.149. The van der Waals surface area contributed by atoms with Gasteiger partial charge in [-0.25, -0.2) is 15.0 Å². The van der Waals surface area contributed by atoms with Crippen LogP contribution in [0.15, 0.2) is 24.4 Å². The van der Waals surface area contributed by atoms with Crippen LogP contribution >= 0.6 is 11.6 Å². The summed E-state index contributed by atoms with van der Waals surface area (Å²) in [5.41, 5.74) is 2.27. The third kappa shape index (κ3) is 2.93. The van der Waals surface area contributed by atoms with Crippen molar-refractivity contribution in [1.29, 1.82) is 0 Å². The number of carbonyl (C=O) groups excluding carboxylic acids is 1. The Kier molecular flexibility index (Phi) is 3.99. The molecule has 0 spiro atoms. The summed E-state index contributed by atoms with van der Waals surface area (Å²) in [5, 5.41) is 11.9. The maximum Gasteiger partial charge on any atom is 0.270 e. The number of rotatable bonds is 4. The van der Waals surface area contributed by atoms with Crippen LogP contribution in [0, 0.1) is 5.92 Å². The van der Waals surface area contributed by atoms with Crippen molar-refractivity contribution >= 4 is 34.4 Å². The largest absolute Gasteiger partial charge is 0.356 e. The monoisotopic (exact) mass is 423 g/mol. The van der Waals surface area contributed by atoms with Gasteiger partial charge in [-0.2, -0.15) is 5.10 Å². The fraction of sp³-hybridized carbons (Fsp3) is 0.476. The number of carbonyl (C=O) groups is 1. The Morgan fingerprint density at radius 1 is 1.23 bits per heavy atom. The van der Waals surface area contributed by atoms with E-state index in [0.717, 1.165) is 67.8 Å². The summed E-state index contributed by atoms with van der Waals surface area (Å²) < 4.78 is 0. The summed E-state index contributed by atoms with van der Waals surface area (Å²) >= 11 is 6.17. The molecule has 7 rings (SSSR count). The topological polar surface area (TPSA) is 99.7 Å². The second-order valence-corrected chi connectivity index (χ2v) is 9.20. The number of anilines is 1. The van der Waals surface area contributed by atoms with Crippen LogP contribution in [-0.2, 0) is 0 Å². The minimum absolute atomic E-state index is 0.0128. The second-order valence-electron chi connectivity index (χ2n) is 8.86. The Morgan fingerprint density at radius 3 is 2.77 bits per heavy atom. The van der Waals surface area contributed by atoms with E-state index in [0.29, 0.717) is 17.4 Å². The molecule has 9 heteroatoms. The Morgan fingerprint density at radius 2 is 2.03 bits per heavy atom. The first-order valence-electron chi connectivity index (χ1n) is 10.5. The van der Waals surface area contributed by atoms with Crippen molar-refractivity contribution in [3.05, 3.63) is 41.1 Å². The smallest absolute Gasteiger partial charge is 0.270 e. The molecule has 4 aliphatic rings. The molecule has 0 atom stereocenters. The molecule has 0 unspecified atom stereocenters. The number of nitrogens with one attached hydrogen (secondary N) is 2. The molecular formula is C21H22ClN7O. The van der Waals surface area contributed by atoms with Crippen LogP contribution in [0.3, 0.4) is 0 Å². The molecule has 8 nitrogen and oxygen atoms in total. The zero-order chi connectivity index (χ0) is 20.3. The number of aromatic nitrogens is 5. The molecule has 2 bridgehead atoms. The number of H-pyrrole nitrogens is 1. The van der Waals surface area contributed by atoms with Gasteiger partial charge < -0.3 is 10.2 Å². The first-order valence-corrected chi connectivity index (χ1v) is 10.9. The summed E-state index contributed by atoms with van der Waals surface area (Å²) in [6.45, 7) is 1.64. The lowest BCUT2D eigenvalue weighted by molar-refractivity contribution is -0.0439. The zero-order valence-electron chi connectivity index (χ0n) is 16.4. The first kappa shape index (κ1) is 18.1. The van der Waals surface area contributed by atoms with E-state index in [1.54, 1.807) is 12.3 Å². The van der Waals surface area contributed by atoms with Gasteiger partial charge in [-0.05, 0) is 61.8 Å². The number of aromatic amines is 1. The molecule has 0 aromatic carbocycles. The second kappa shape index (κ2) is 6.63. The molecule has 3 aromatic heterocycles. The molecule has 154 valence electrons. The van der Waals surface area contributed by atoms with Gasteiger partial charge in [0.2, 0.25) is 5.28 Å². The predicted molar refractivity (Wildman–Crippen MR) is 113 cm³/mol. The number of hydrogen-bond acceptors (Lipinski definition) is 6. The molecule has 1 aliphatic heterocycles. The molecule has 2 N–H and O–H groups in total. The summed E-state index contributed by atoms with van der Waals surface area (Å²) in [6, 6.07) is 5.77. The van der Waals surface area contributed by atoms with Crippen molar-refractivity contribution in [1.82, 2.24) is 30.5 Å². The average Bonchev–Trinajstić information content (AvgIpc) is 3.13. The van der Waals surface area contributed by atoms with Crippen molar-refractivity contribution in [3.63, 3.8) is 0 Å². The molecule has 3 aromatic rings. The van der Waals surface area contributed by atoms with Gasteiger partial charge in [-0.3, -0.25) is 9.89 Å². The molecule has 0 radical (unpaired) electrons. The van der Waals surface area contributed by atoms with Gasteiger partial charge in [-0.1, -0.05) is 0 Å². The Hall–Kier alpha value is -2.74. The van der Waals surface area contributed by atoms with Crippen LogP contribution in [-0.4, -0.2) is 49.7 Å². The SMILES string of the molecule is O=C(NC12CC(C1)C2)c1cc(N2CCC(c3n[nH]c4ncccc34)CC2)nc(Cl)n1. The lowest BCUT2D eigenvalue weighted by Crippen LogP contribution is -2.68. The number of piperidine rings is 1. The van der Waals surface area contributed by atoms with Gasteiger partial charge in [0.25, 0.3) is 5.91 Å². The van der Waals surface area contributed by atoms with E-state index < -0.39 is 0 Å². The van der Waals surface area contributed by atoms with E-state index in [-0.39, 0.29) is 16.7 Å². The highest BCUT2D eigenvalue weighted by molar-refractivity contribution is 6.28. The highest BCUT2D eigenvalue weighted by atomic mass is 35.5. The van der Waals surface area contributed by atoms with Gasteiger partial charge in [0, 0.05) is 42.2 Å². The lowest BCUT2D eigenvalue weighted by atomic mass is 9.50. The normalized spacial score (nSPS) is 25.6. The van der Waals surface area contributed by atoms with Crippen molar-refractivity contribution in [2.24, 2.45) is 5.92 Å². The molecule has 3 saturated carbocycles. The van der Waals surface area contributed by atoms with Crippen LogP contribution in [0.2, 0.25) is 5.28 Å². The van der Waals surface area contributed by atoms with Crippen LogP contribution in [0.1, 0.15) is 54.2 Å². The Balaban J connectivity index is 1.17. The third-order valence-corrected chi connectivity index (χ3v) is 7.08. The van der Waals surface area contributed by atoms with E-state index in [1.807, 2.05) is 6.07 Å². The van der Waals surface area contributed by atoms with Gasteiger partial charge in [0.15, 0.2) is 5.65 Å². The highest BCUT2D eigenvalue weighted by Crippen LogP contribution is 2.57. The molecule has 30 heavy (non-hydrogen) atoms. The first-order chi connectivity index (χ1) is 14.6. The Labute approximate surface area is 178 Å². The van der Waals surface area contributed by atoms with Crippen LogP contribution in [0.4, 0.5) is 5.82 Å². The van der Waals surface area contributed by atoms with E-state index in [9.17, 15) is 4.79 Å². The molecule has 4 fully saturated rings. The standard InChI is InChI=1S/C21H22ClN7O/c22-20-24-15(19(30)26-21-9-12(10-21)11-21)8-16(25-20)29-6-3-13(4-7-29)17-14-2-1-5-23-18(14)28-27-17/h1-2,5,8,12-13H,3-4,6-7,9-11H2,(H,26,30)(H,23,27,28).